The van der Waals surface area contributed by atoms with Gasteiger partial charge in [-0.15, -0.1) is 0 Å². The molecular weight excluding hydrogens is 573 g/mol. The SMILES string of the molecule is CC1(C)C(=O)N(c2ccc(C#N)c(C(F)(F)F)c2)C(=O)N1CCCCCCCCCBr.N#Cc1ccccc1. The fourth-order valence-corrected chi connectivity index (χ4v) is 4.60. The molecular formula is C29H32BrF3N4O2. The normalized spacial score (nSPS) is 14.5. The summed E-state index contributed by atoms with van der Waals surface area (Å²) >= 11 is 3.41. The summed E-state index contributed by atoms with van der Waals surface area (Å²) in [7, 11) is 0. The Morgan fingerprint density at radius 2 is 1.46 bits per heavy atom. The second-order valence-electron chi connectivity index (χ2n) is 9.61. The number of alkyl halides is 4. The molecule has 3 amide bonds. The first-order valence-corrected chi connectivity index (χ1v) is 13.9. The van der Waals surface area contributed by atoms with Gasteiger partial charge in [0.15, 0.2) is 0 Å². The molecule has 0 bridgehead atoms. The zero-order chi connectivity index (χ0) is 29.1. The molecule has 1 saturated heterocycles. The Balaban J connectivity index is 0.000000568. The van der Waals surface area contributed by atoms with Gasteiger partial charge < -0.3 is 4.90 Å². The fourth-order valence-electron chi connectivity index (χ4n) is 4.20. The molecule has 0 saturated carbocycles. The van der Waals surface area contributed by atoms with Gasteiger partial charge >= 0.3 is 12.2 Å². The van der Waals surface area contributed by atoms with Crippen molar-refractivity contribution in [3.05, 3.63) is 65.2 Å². The van der Waals surface area contributed by atoms with Crippen molar-refractivity contribution >= 4 is 33.6 Å². The van der Waals surface area contributed by atoms with Crippen molar-refractivity contribution in [2.45, 2.75) is 70.5 Å². The number of hydrogen-bond donors (Lipinski definition) is 0. The Hall–Kier alpha value is -3.37. The van der Waals surface area contributed by atoms with Crippen molar-refractivity contribution in [2.75, 3.05) is 16.8 Å². The molecule has 10 heteroatoms. The third-order valence-corrected chi connectivity index (χ3v) is 6.99. The van der Waals surface area contributed by atoms with Crippen LogP contribution in [0.1, 0.15) is 75.5 Å². The lowest BCUT2D eigenvalue weighted by Crippen LogP contribution is -2.44. The highest BCUT2D eigenvalue weighted by molar-refractivity contribution is 9.09. The average Bonchev–Trinajstić information content (AvgIpc) is 3.08. The number of anilines is 1. The number of nitriles is 2. The molecule has 2 aromatic rings. The standard InChI is InChI=1S/C22H27BrF3N3O2.C7H5N/c1-21(2)19(30)29(17-11-10-16(15-27)18(14-17)22(24,25)26)20(31)28(21)13-9-7-5-3-4-6-8-12-23;8-6-7-4-2-1-3-5-7/h10-11,14H,3-9,12-13H2,1-2H3;1-5H. The Bertz CT molecular complexity index is 1200. The van der Waals surface area contributed by atoms with E-state index in [1.54, 1.807) is 26.0 Å². The van der Waals surface area contributed by atoms with Crippen LogP contribution < -0.4 is 4.90 Å². The van der Waals surface area contributed by atoms with Gasteiger partial charge in [-0.05, 0) is 57.0 Å². The Labute approximate surface area is 236 Å². The van der Waals surface area contributed by atoms with E-state index in [0.29, 0.717) is 18.2 Å². The van der Waals surface area contributed by atoms with Crippen LogP contribution in [0.4, 0.5) is 23.7 Å². The topological polar surface area (TPSA) is 88.2 Å². The predicted octanol–water partition coefficient (Wildman–Crippen LogP) is 7.81. The molecule has 3 rings (SSSR count). The molecule has 1 heterocycles. The summed E-state index contributed by atoms with van der Waals surface area (Å²) in [5.74, 6) is -0.579. The summed E-state index contributed by atoms with van der Waals surface area (Å²) < 4.78 is 39.9. The lowest BCUT2D eigenvalue weighted by Gasteiger charge is -2.27. The maximum absolute atomic E-state index is 13.3. The molecule has 208 valence electrons. The highest BCUT2D eigenvalue weighted by atomic mass is 79.9. The van der Waals surface area contributed by atoms with Crippen molar-refractivity contribution in [1.82, 2.24) is 4.90 Å². The molecule has 0 aliphatic carbocycles. The van der Waals surface area contributed by atoms with Crippen LogP contribution >= 0.6 is 15.9 Å². The van der Waals surface area contributed by atoms with E-state index in [1.165, 1.54) is 23.5 Å². The van der Waals surface area contributed by atoms with E-state index in [2.05, 4.69) is 15.9 Å². The maximum atomic E-state index is 13.3. The number of rotatable bonds is 10. The van der Waals surface area contributed by atoms with Gasteiger partial charge in [0.2, 0.25) is 0 Å². The van der Waals surface area contributed by atoms with Crippen molar-refractivity contribution in [3.63, 3.8) is 0 Å². The van der Waals surface area contributed by atoms with Crippen LogP contribution in [0.2, 0.25) is 0 Å². The highest BCUT2D eigenvalue weighted by Gasteiger charge is 2.51. The quantitative estimate of drug-likeness (QED) is 0.157. The first-order valence-electron chi connectivity index (χ1n) is 12.8. The van der Waals surface area contributed by atoms with Crippen LogP contribution in [0.25, 0.3) is 0 Å². The number of carbonyl (C=O) groups excluding carboxylic acids is 2. The smallest absolute Gasteiger partial charge is 0.310 e. The van der Waals surface area contributed by atoms with E-state index in [0.717, 1.165) is 54.8 Å². The number of hydrogen-bond acceptors (Lipinski definition) is 4. The molecule has 0 aromatic heterocycles. The Morgan fingerprint density at radius 1 is 0.872 bits per heavy atom. The van der Waals surface area contributed by atoms with Crippen molar-refractivity contribution in [2.24, 2.45) is 0 Å². The van der Waals surface area contributed by atoms with Gasteiger partial charge in [-0.2, -0.15) is 23.7 Å². The molecule has 0 atom stereocenters. The van der Waals surface area contributed by atoms with Crippen LogP contribution in [0.5, 0.6) is 0 Å². The van der Waals surface area contributed by atoms with Gasteiger partial charge in [-0.3, -0.25) is 4.79 Å². The van der Waals surface area contributed by atoms with Gasteiger partial charge in [0.1, 0.15) is 5.54 Å². The molecule has 0 radical (unpaired) electrons. The maximum Gasteiger partial charge on any atom is 0.417 e. The first kappa shape index (κ1) is 31.8. The average molecular weight is 605 g/mol. The molecule has 1 aliphatic rings. The third-order valence-electron chi connectivity index (χ3n) is 6.43. The van der Waals surface area contributed by atoms with Crippen LogP contribution in [0.15, 0.2) is 48.5 Å². The second-order valence-corrected chi connectivity index (χ2v) is 10.4. The minimum Gasteiger partial charge on any atom is -0.310 e. The number of carbonyl (C=O) groups is 2. The Kier molecular flexibility index (Phi) is 12.0. The van der Waals surface area contributed by atoms with E-state index in [-0.39, 0.29) is 5.69 Å². The van der Waals surface area contributed by atoms with Gasteiger partial charge in [0, 0.05) is 11.9 Å². The molecule has 1 aliphatic heterocycles. The number of nitrogens with zero attached hydrogens (tertiary/aromatic N) is 4. The molecule has 6 nitrogen and oxygen atoms in total. The Morgan fingerprint density at radius 3 is 1.97 bits per heavy atom. The molecule has 0 spiro atoms. The third kappa shape index (κ3) is 8.56. The monoisotopic (exact) mass is 604 g/mol. The van der Waals surface area contributed by atoms with E-state index in [9.17, 15) is 22.8 Å². The van der Waals surface area contributed by atoms with E-state index in [1.807, 2.05) is 24.3 Å². The second kappa shape index (κ2) is 14.7. The minimum atomic E-state index is -4.77. The minimum absolute atomic E-state index is 0.177. The van der Waals surface area contributed by atoms with Crippen molar-refractivity contribution in [1.29, 1.82) is 10.5 Å². The lowest BCUT2D eigenvalue weighted by molar-refractivity contribution is -0.137. The van der Waals surface area contributed by atoms with Crippen LogP contribution in [0.3, 0.4) is 0 Å². The summed E-state index contributed by atoms with van der Waals surface area (Å²) in [6.45, 7) is 3.56. The largest absolute Gasteiger partial charge is 0.417 e. The number of unbranched alkanes of at least 4 members (excludes halogenated alkanes) is 6. The van der Waals surface area contributed by atoms with Crippen LogP contribution in [-0.4, -0.2) is 34.3 Å². The number of urea groups is 1. The van der Waals surface area contributed by atoms with Crippen molar-refractivity contribution in [3.8, 4) is 12.1 Å². The van der Waals surface area contributed by atoms with Crippen LogP contribution in [0, 0.1) is 22.7 Å². The molecule has 2 aromatic carbocycles. The fraction of sp³-hybridized carbons (Fsp3) is 0.448. The van der Waals surface area contributed by atoms with Crippen LogP contribution in [-0.2, 0) is 11.0 Å². The van der Waals surface area contributed by atoms with Gasteiger partial charge in [-0.25, -0.2) is 9.69 Å². The summed E-state index contributed by atoms with van der Waals surface area (Å²) in [5, 5.41) is 18.3. The number of imide groups is 1. The van der Waals surface area contributed by atoms with E-state index < -0.39 is 34.8 Å². The van der Waals surface area contributed by atoms with Gasteiger partial charge in [0.05, 0.1) is 34.5 Å². The summed E-state index contributed by atoms with van der Waals surface area (Å²) in [6.07, 6.45) is 2.50. The zero-order valence-electron chi connectivity index (χ0n) is 22.1. The molecule has 0 unspecified atom stereocenters. The number of amides is 3. The summed E-state index contributed by atoms with van der Waals surface area (Å²) in [5.41, 5.74) is -2.33. The van der Waals surface area contributed by atoms with E-state index >= 15 is 0 Å². The molecule has 0 N–H and O–H groups in total. The number of benzene rings is 2. The zero-order valence-corrected chi connectivity index (χ0v) is 23.7. The molecule has 39 heavy (non-hydrogen) atoms. The summed E-state index contributed by atoms with van der Waals surface area (Å²) in [4.78, 5) is 28.1. The highest BCUT2D eigenvalue weighted by Crippen LogP contribution is 2.37. The molecule has 1 fully saturated rings. The number of halogens is 4. The van der Waals surface area contributed by atoms with Gasteiger partial charge in [0.25, 0.3) is 5.91 Å². The van der Waals surface area contributed by atoms with Gasteiger partial charge in [-0.1, -0.05) is 66.2 Å². The van der Waals surface area contributed by atoms with E-state index in [4.69, 9.17) is 10.5 Å². The first-order chi connectivity index (χ1) is 18.5. The van der Waals surface area contributed by atoms with Crippen molar-refractivity contribution < 1.29 is 22.8 Å². The summed E-state index contributed by atoms with van der Waals surface area (Å²) in [6, 6.07) is 14.9. The predicted molar refractivity (Wildman–Crippen MR) is 147 cm³/mol. The lowest BCUT2D eigenvalue weighted by atomic mass is 10.0.